The van der Waals surface area contributed by atoms with E-state index in [4.69, 9.17) is 0 Å². The van der Waals surface area contributed by atoms with Crippen LogP contribution in [0.5, 0.6) is 0 Å². The summed E-state index contributed by atoms with van der Waals surface area (Å²) in [4.78, 5) is 11.4. The Morgan fingerprint density at radius 3 is 2.75 bits per heavy atom. The molecule has 0 unspecified atom stereocenters. The van der Waals surface area contributed by atoms with E-state index in [2.05, 4.69) is 15.0 Å². The Balaban J connectivity index is 2.15. The lowest BCUT2D eigenvalue weighted by molar-refractivity contribution is 0.102. The number of rotatable bonds is 2. The van der Waals surface area contributed by atoms with Gasteiger partial charge in [-0.3, -0.25) is 4.79 Å². The Morgan fingerprint density at radius 1 is 1.31 bits per heavy atom. The average Bonchev–Trinajstić information content (AvgIpc) is 2.77. The van der Waals surface area contributed by atoms with E-state index < -0.39 is 17.5 Å². The number of anilines is 1. The maximum atomic E-state index is 12.8. The summed E-state index contributed by atoms with van der Waals surface area (Å²) in [5, 5.41) is 5.71. The fourth-order valence-electron chi connectivity index (χ4n) is 1.09. The molecule has 1 amide bonds. The Hall–Kier alpha value is -2.24. The molecule has 0 saturated carbocycles. The molecule has 1 heterocycles. The van der Waals surface area contributed by atoms with Crippen molar-refractivity contribution in [3.8, 4) is 0 Å². The quantitative estimate of drug-likeness (QED) is 0.850. The molecule has 0 radical (unpaired) electrons. The minimum atomic E-state index is -1.02. The fourth-order valence-corrected chi connectivity index (χ4v) is 1.09. The van der Waals surface area contributed by atoms with Gasteiger partial charge in [-0.2, -0.15) is 0 Å². The van der Waals surface area contributed by atoms with Crippen LogP contribution in [-0.2, 0) is 0 Å². The molecule has 0 fully saturated rings. The highest BCUT2D eigenvalue weighted by Crippen LogP contribution is 2.14. The van der Waals surface area contributed by atoms with Crippen molar-refractivity contribution < 1.29 is 18.1 Å². The summed E-state index contributed by atoms with van der Waals surface area (Å²) >= 11 is 0. The maximum Gasteiger partial charge on any atom is 0.260 e. The molecule has 82 valence electrons. The second-order valence-corrected chi connectivity index (χ2v) is 3.00. The van der Waals surface area contributed by atoms with Gasteiger partial charge in [0.05, 0.1) is 11.8 Å². The second-order valence-electron chi connectivity index (χ2n) is 3.00. The molecule has 1 N–H and O–H groups in total. The Kier molecular flexibility index (Phi) is 2.63. The van der Waals surface area contributed by atoms with Gasteiger partial charge in [0.1, 0.15) is 6.26 Å². The lowest BCUT2D eigenvalue weighted by Gasteiger charge is -2.03. The highest BCUT2D eigenvalue weighted by atomic mass is 19.2. The molecule has 1 aromatic heterocycles. The minimum Gasteiger partial charge on any atom is -0.364 e. The van der Waals surface area contributed by atoms with Crippen molar-refractivity contribution in [2.45, 2.75) is 0 Å². The standard InChI is InChI=1S/C10H6F2N2O2/c11-8-2-1-7(3-9(8)12)14-10(15)6-4-13-16-5-6/h1-5H,(H,14,15). The number of nitrogens with one attached hydrogen (secondary N) is 1. The molecule has 1 aromatic carbocycles. The van der Waals surface area contributed by atoms with E-state index in [0.29, 0.717) is 0 Å². The number of carbonyl (C=O) groups excluding carboxylic acids is 1. The van der Waals surface area contributed by atoms with Gasteiger partial charge in [0, 0.05) is 11.8 Å². The van der Waals surface area contributed by atoms with Crippen molar-refractivity contribution in [3.63, 3.8) is 0 Å². The van der Waals surface area contributed by atoms with Crippen molar-refractivity contribution in [1.29, 1.82) is 0 Å². The molecule has 16 heavy (non-hydrogen) atoms. The normalized spacial score (nSPS) is 10.1. The molecule has 2 rings (SSSR count). The summed E-state index contributed by atoms with van der Waals surface area (Å²) in [7, 11) is 0. The van der Waals surface area contributed by atoms with Crippen molar-refractivity contribution in [3.05, 3.63) is 47.9 Å². The minimum absolute atomic E-state index is 0.158. The second kappa shape index (κ2) is 4.09. The predicted octanol–water partition coefficient (Wildman–Crippen LogP) is 2.21. The van der Waals surface area contributed by atoms with Crippen molar-refractivity contribution in [1.82, 2.24) is 5.16 Å². The average molecular weight is 224 g/mol. The molecule has 0 bridgehead atoms. The number of amides is 1. The van der Waals surface area contributed by atoms with Crippen molar-refractivity contribution in [2.24, 2.45) is 0 Å². The maximum absolute atomic E-state index is 12.8. The number of carbonyl (C=O) groups is 1. The molecule has 0 aliphatic heterocycles. The van der Waals surface area contributed by atoms with Crippen LogP contribution >= 0.6 is 0 Å². The van der Waals surface area contributed by atoms with Gasteiger partial charge in [0.15, 0.2) is 11.6 Å². The first-order valence-electron chi connectivity index (χ1n) is 4.32. The van der Waals surface area contributed by atoms with E-state index in [0.717, 1.165) is 18.4 Å². The van der Waals surface area contributed by atoms with Gasteiger partial charge in [-0.25, -0.2) is 8.78 Å². The van der Waals surface area contributed by atoms with E-state index in [-0.39, 0.29) is 11.3 Å². The molecule has 2 aromatic rings. The van der Waals surface area contributed by atoms with Gasteiger partial charge in [-0.1, -0.05) is 5.16 Å². The van der Waals surface area contributed by atoms with E-state index in [1.807, 2.05) is 0 Å². The number of hydrogen-bond acceptors (Lipinski definition) is 3. The highest BCUT2D eigenvalue weighted by molar-refractivity contribution is 6.03. The summed E-state index contributed by atoms with van der Waals surface area (Å²) in [5.74, 6) is -2.50. The SMILES string of the molecule is O=C(Nc1ccc(F)c(F)c1)c1cnoc1. The Bertz CT molecular complexity index is 512. The van der Waals surface area contributed by atoms with Crippen LogP contribution in [0.1, 0.15) is 10.4 Å². The van der Waals surface area contributed by atoms with Crippen LogP contribution in [0.4, 0.5) is 14.5 Å². The molecule has 6 heteroatoms. The predicted molar refractivity (Wildman–Crippen MR) is 50.8 cm³/mol. The third-order valence-corrected chi connectivity index (χ3v) is 1.87. The van der Waals surface area contributed by atoms with Gasteiger partial charge in [0.25, 0.3) is 5.91 Å². The molecule has 0 aliphatic carbocycles. The first-order chi connectivity index (χ1) is 7.66. The van der Waals surface area contributed by atoms with Gasteiger partial charge in [0.2, 0.25) is 0 Å². The zero-order valence-electron chi connectivity index (χ0n) is 7.91. The van der Waals surface area contributed by atoms with Gasteiger partial charge in [-0.05, 0) is 12.1 Å². The molecule has 4 nitrogen and oxygen atoms in total. The van der Waals surface area contributed by atoms with Crippen LogP contribution in [0.2, 0.25) is 0 Å². The largest absolute Gasteiger partial charge is 0.364 e. The first-order valence-corrected chi connectivity index (χ1v) is 4.32. The highest BCUT2D eigenvalue weighted by Gasteiger charge is 2.09. The van der Waals surface area contributed by atoms with Crippen molar-refractivity contribution >= 4 is 11.6 Å². The zero-order chi connectivity index (χ0) is 11.5. The third-order valence-electron chi connectivity index (χ3n) is 1.87. The molecular formula is C10H6F2N2O2. The van der Waals surface area contributed by atoms with E-state index in [9.17, 15) is 13.6 Å². The van der Waals surface area contributed by atoms with Crippen LogP contribution < -0.4 is 5.32 Å². The third kappa shape index (κ3) is 2.05. The van der Waals surface area contributed by atoms with Crippen LogP contribution in [0.3, 0.4) is 0 Å². The number of hydrogen-bond donors (Lipinski definition) is 1. The lowest BCUT2D eigenvalue weighted by atomic mass is 10.2. The van der Waals surface area contributed by atoms with Gasteiger partial charge >= 0.3 is 0 Å². The summed E-state index contributed by atoms with van der Waals surface area (Å²) < 4.78 is 29.9. The molecule has 0 spiro atoms. The molecular weight excluding hydrogens is 218 g/mol. The van der Waals surface area contributed by atoms with E-state index >= 15 is 0 Å². The molecule has 0 saturated heterocycles. The van der Waals surface area contributed by atoms with Crippen LogP contribution in [0.25, 0.3) is 0 Å². The summed E-state index contributed by atoms with van der Waals surface area (Å²) in [6.07, 6.45) is 2.37. The Labute approximate surface area is 88.9 Å². The monoisotopic (exact) mass is 224 g/mol. The first kappa shape index (κ1) is 10.3. The Morgan fingerprint density at radius 2 is 2.12 bits per heavy atom. The van der Waals surface area contributed by atoms with Gasteiger partial charge < -0.3 is 9.84 Å². The molecule has 0 atom stereocenters. The topological polar surface area (TPSA) is 55.1 Å². The smallest absolute Gasteiger partial charge is 0.260 e. The van der Waals surface area contributed by atoms with E-state index in [1.165, 1.54) is 12.3 Å². The number of aromatic nitrogens is 1. The number of benzene rings is 1. The van der Waals surface area contributed by atoms with Gasteiger partial charge in [-0.15, -0.1) is 0 Å². The van der Waals surface area contributed by atoms with E-state index in [1.54, 1.807) is 0 Å². The lowest BCUT2D eigenvalue weighted by Crippen LogP contribution is -2.11. The van der Waals surface area contributed by atoms with Crippen LogP contribution in [0.15, 0.2) is 35.2 Å². The van der Waals surface area contributed by atoms with Crippen LogP contribution in [0, 0.1) is 11.6 Å². The number of nitrogens with zero attached hydrogens (tertiary/aromatic N) is 1. The van der Waals surface area contributed by atoms with Crippen LogP contribution in [-0.4, -0.2) is 11.1 Å². The zero-order valence-corrected chi connectivity index (χ0v) is 7.91. The fraction of sp³-hybridized carbons (Fsp3) is 0. The summed E-state index contributed by atoms with van der Waals surface area (Å²) in [6.45, 7) is 0. The summed E-state index contributed by atoms with van der Waals surface area (Å²) in [5.41, 5.74) is 0.356. The van der Waals surface area contributed by atoms with Crippen molar-refractivity contribution in [2.75, 3.05) is 5.32 Å². The number of halogens is 2. The molecule has 0 aliphatic rings. The summed E-state index contributed by atoms with van der Waals surface area (Å²) in [6, 6.07) is 3.07.